The molecule has 2 aromatic rings. The van der Waals surface area contributed by atoms with E-state index in [2.05, 4.69) is 80.8 Å². The zero-order valence-electron chi connectivity index (χ0n) is 35.8. The summed E-state index contributed by atoms with van der Waals surface area (Å²) in [7, 11) is 0. The minimum absolute atomic E-state index is 0.127. The molecule has 49 heavy (non-hydrogen) atoms. The summed E-state index contributed by atoms with van der Waals surface area (Å²) in [5, 5.41) is 20.7. The van der Waals surface area contributed by atoms with Gasteiger partial charge in [0.25, 0.3) is 0 Å². The SMILES string of the molecule is C=C(C)/C(C)=C(\C(=N)c1c(CO)c(CC)c2c(C)nc(C)nc2c1C)C(C)=C(C)C.CC.CC.CC(C)CN.CCC(C)CCC(C)CC. The number of nitrogens with two attached hydrogens (primary N) is 1. The molecule has 0 aliphatic carbocycles. The van der Waals surface area contributed by atoms with Gasteiger partial charge in [-0.05, 0) is 114 Å². The topological polar surface area (TPSA) is 95.9 Å². The van der Waals surface area contributed by atoms with Crippen LogP contribution in [-0.4, -0.2) is 27.3 Å². The molecule has 2 atom stereocenters. The largest absolute Gasteiger partial charge is 0.392 e. The molecule has 0 spiro atoms. The van der Waals surface area contributed by atoms with E-state index < -0.39 is 0 Å². The van der Waals surface area contributed by atoms with Gasteiger partial charge in [-0.3, -0.25) is 5.41 Å². The highest BCUT2D eigenvalue weighted by molar-refractivity contribution is 6.18. The van der Waals surface area contributed by atoms with Crippen molar-refractivity contribution in [2.45, 2.75) is 170 Å². The number of nitrogens with zero attached hydrogens (tertiary/aromatic N) is 2. The Morgan fingerprint density at radius 2 is 1.24 bits per heavy atom. The molecule has 2 unspecified atom stereocenters. The zero-order valence-corrected chi connectivity index (χ0v) is 35.8. The summed E-state index contributed by atoms with van der Waals surface area (Å²) in [6, 6.07) is 0. The predicted octanol–water partition coefficient (Wildman–Crippen LogP) is 12.7. The number of fused-ring (bicyclic) bond motifs is 1. The third-order valence-electron chi connectivity index (χ3n) is 9.07. The van der Waals surface area contributed by atoms with Gasteiger partial charge in [-0.15, -0.1) is 0 Å². The number of hydrogen-bond donors (Lipinski definition) is 3. The van der Waals surface area contributed by atoms with Gasteiger partial charge in [0, 0.05) is 22.2 Å². The van der Waals surface area contributed by atoms with Gasteiger partial charge < -0.3 is 10.8 Å². The van der Waals surface area contributed by atoms with E-state index in [-0.39, 0.29) is 6.61 Å². The van der Waals surface area contributed by atoms with Gasteiger partial charge in [-0.25, -0.2) is 9.97 Å². The first kappa shape index (κ1) is 50.7. The monoisotopic (exact) mass is 681 g/mol. The molecule has 0 radical (unpaired) electrons. The van der Waals surface area contributed by atoms with Crippen molar-refractivity contribution in [2.75, 3.05) is 6.54 Å². The summed E-state index contributed by atoms with van der Waals surface area (Å²) in [6.45, 7) is 44.4. The number of aliphatic hydroxyl groups is 1. The molecule has 0 amide bonds. The lowest BCUT2D eigenvalue weighted by Gasteiger charge is -2.23. The number of hydrogen-bond acceptors (Lipinski definition) is 5. The maximum absolute atomic E-state index is 10.4. The molecule has 0 bridgehead atoms. The van der Waals surface area contributed by atoms with Crippen molar-refractivity contribution in [1.82, 2.24) is 9.97 Å². The van der Waals surface area contributed by atoms with E-state index in [1.54, 1.807) is 0 Å². The second kappa shape index (κ2) is 27.1. The van der Waals surface area contributed by atoms with Crippen LogP contribution in [0.1, 0.15) is 170 Å². The first-order valence-electron chi connectivity index (χ1n) is 19.2. The average Bonchev–Trinajstić information content (AvgIpc) is 3.08. The fourth-order valence-electron chi connectivity index (χ4n) is 5.12. The molecule has 282 valence electrons. The quantitative estimate of drug-likeness (QED) is 0.153. The lowest BCUT2D eigenvalue weighted by atomic mass is 9.82. The molecule has 0 fully saturated rings. The Kier molecular flexibility index (Phi) is 28.1. The van der Waals surface area contributed by atoms with Crippen LogP contribution >= 0.6 is 0 Å². The van der Waals surface area contributed by atoms with Crippen molar-refractivity contribution in [3.05, 3.63) is 68.2 Å². The van der Waals surface area contributed by atoms with E-state index in [4.69, 9.17) is 10.7 Å². The van der Waals surface area contributed by atoms with Crippen LogP contribution in [-0.2, 0) is 13.0 Å². The number of benzene rings is 1. The zero-order chi connectivity index (χ0) is 39.2. The highest BCUT2D eigenvalue weighted by Gasteiger charge is 2.25. The van der Waals surface area contributed by atoms with Crippen LogP contribution in [0.2, 0.25) is 0 Å². The molecule has 1 heterocycles. The summed E-state index contributed by atoms with van der Waals surface area (Å²) in [5.41, 5.74) is 15.9. The second-order valence-corrected chi connectivity index (χ2v) is 13.6. The lowest BCUT2D eigenvalue weighted by molar-refractivity contribution is 0.280. The number of allylic oxidation sites excluding steroid dienone is 5. The normalized spacial score (nSPS) is 12.0. The van der Waals surface area contributed by atoms with Gasteiger partial charge in [0.2, 0.25) is 0 Å². The third-order valence-corrected chi connectivity index (χ3v) is 9.07. The molecule has 0 aliphatic heterocycles. The van der Waals surface area contributed by atoms with Crippen molar-refractivity contribution in [3.8, 4) is 0 Å². The molecule has 1 aromatic carbocycles. The Balaban J connectivity index is -0.000000918. The smallest absolute Gasteiger partial charge is 0.126 e. The number of rotatable bonds is 12. The van der Waals surface area contributed by atoms with Crippen LogP contribution in [0.15, 0.2) is 34.4 Å². The first-order valence-corrected chi connectivity index (χ1v) is 19.2. The Morgan fingerprint density at radius 3 is 1.57 bits per heavy atom. The van der Waals surface area contributed by atoms with Crippen LogP contribution in [0, 0.1) is 43.9 Å². The Morgan fingerprint density at radius 1 is 0.796 bits per heavy atom. The predicted molar refractivity (Wildman–Crippen MR) is 222 cm³/mol. The van der Waals surface area contributed by atoms with Crippen LogP contribution < -0.4 is 5.73 Å². The van der Waals surface area contributed by atoms with Crippen molar-refractivity contribution < 1.29 is 5.11 Å². The van der Waals surface area contributed by atoms with Crippen LogP contribution in [0.4, 0.5) is 0 Å². The van der Waals surface area contributed by atoms with Gasteiger partial charge in [0.05, 0.1) is 17.8 Å². The van der Waals surface area contributed by atoms with Crippen molar-refractivity contribution in [2.24, 2.45) is 23.5 Å². The molecule has 0 saturated carbocycles. The van der Waals surface area contributed by atoms with E-state index in [9.17, 15) is 10.5 Å². The van der Waals surface area contributed by atoms with Crippen molar-refractivity contribution in [3.63, 3.8) is 0 Å². The fourth-order valence-corrected chi connectivity index (χ4v) is 5.12. The van der Waals surface area contributed by atoms with E-state index in [0.29, 0.717) is 17.5 Å². The van der Waals surface area contributed by atoms with Crippen LogP contribution in [0.3, 0.4) is 0 Å². The maximum Gasteiger partial charge on any atom is 0.126 e. The summed E-state index contributed by atoms with van der Waals surface area (Å²) < 4.78 is 0. The van der Waals surface area contributed by atoms with Crippen molar-refractivity contribution >= 4 is 16.6 Å². The summed E-state index contributed by atoms with van der Waals surface area (Å²) in [5.74, 6) is 3.26. The Hall–Kier alpha value is -2.63. The maximum atomic E-state index is 10.4. The number of aryl methyl sites for hydroxylation is 4. The van der Waals surface area contributed by atoms with Crippen LogP contribution in [0.25, 0.3) is 10.9 Å². The first-order chi connectivity index (χ1) is 22.9. The van der Waals surface area contributed by atoms with E-state index in [1.165, 1.54) is 25.7 Å². The van der Waals surface area contributed by atoms with Crippen molar-refractivity contribution in [1.29, 1.82) is 5.41 Å². The molecule has 1 aromatic heterocycles. The molecule has 4 N–H and O–H groups in total. The second-order valence-electron chi connectivity index (χ2n) is 13.6. The minimum Gasteiger partial charge on any atom is -0.392 e. The van der Waals surface area contributed by atoms with E-state index in [1.807, 2.05) is 62.3 Å². The van der Waals surface area contributed by atoms with Gasteiger partial charge in [0.1, 0.15) is 5.82 Å². The van der Waals surface area contributed by atoms with Gasteiger partial charge in [-0.1, -0.05) is 120 Å². The molecule has 0 aliphatic rings. The fraction of sp³-hybridized carbons (Fsp3) is 0.659. The highest BCUT2D eigenvalue weighted by Crippen LogP contribution is 2.35. The molecule has 5 nitrogen and oxygen atoms in total. The van der Waals surface area contributed by atoms with Gasteiger partial charge in [0.15, 0.2) is 0 Å². The highest BCUT2D eigenvalue weighted by atomic mass is 16.3. The summed E-state index contributed by atoms with van der Waals surface area (Å²) in [6.07, 6.45) is 6.27. The summed E-state index contributed by atoms with van der Waals surface area (Å²) in [4.78, 5) is 9.31. The van der Waals surface area contributed by atoms with Crippen LogP contribution in [0.5, 0.6) is 0 Å². The van der Waals surface area contributed by atoms with E-state index in [0.717, 1.165) is 91.5 Å². The molecular formula is C44H80N4O. The molecule has 5 heteroatoms. The lowest BCUT2D eigenvalue weighted by Crippen LogP contribution is -2.16. The third kappa shape index (κ3) is 16.3. The minimum atomic E-state index is -0.127. The molecule has 0 saturated heterocycles. The average molecular weight is 681 g/mol. The number of aromatic nitrogens is 2. The Labute approximate surface area is 304 Å². The van der Waals surface area contributed by atoms with Gasteiger partial charge in [-0.2, -0.15) is 0 Å². The number of nitrogens with one attached hydrogen (secondary N) is 1. The Bertz CT molecular complexity index is 1330. The van der Waals surface area contributed by atoms with E-state index >= 15 is 0 Å². The summed E-state index contributed by atoms with van der Waals surface area (Å²) >= 11 is 0. The standard InChI is InChI=1S/C26H35N3O.C10H22.C4H11N.2C2H6/c1-11-20-21(12-30)23(17(8)26-24(20)18(9)28-19(10)29-26)25(27)22(15(6)13(2)3)16(7)14(4)5;1-5-9(3)7-8-10(4)6-2;1-4(2)3-5;2*1-2/h27,30H,2,11-12H2,1,3-10H3;9-10H,5-8H2,1-4H3;4H,3,5H2,1-2H3;2*1-2H3/b22-15-,27-25?;;;;. The molecule has 2 rings (SSSR count). The number of aliphatic hydroxyl groups excluding tert-OH is 1. The van der Waals surface area contributed by atoms with Gasteiger partial charge >= 0.3 is 0 Å². The molecular weight excluding hydrogens is 601 g/mol.